The fourth-order valence-electron chi connectivity index (χ4n) is 5.15. The fraction of sp³-hybridized carbons (Fsp3) is 0.161. The average Bonchev–Trinajstić information content (AvgIpc) is 2.87. The lowest BCUT2D eigenvalue weighted by Crippen LogP contribution is -2.09. The van der Waals surface area contributed by atoms with Crippen LogP contribution >= 0.6 is 0 Å². The quantitative estimate of drug-likeness (QED) is 0.293. The molecule has 0 spiro atoms. The van der Waals surface area contributed by atoms with Crippen molar-refractivity contribution in [3.63, 3.8) is 0 Å². The summed E-state index contributed by atoms with van der Waals surface area (Å²) in [6.45, 7) is 4.54. The number of aromatic nitrogens is 2. The zero-order valence-corrected chi connectivity index (χ0v) is 19.0. The number of hydrogen-bond acceptors (Lipinski definition) is 2. The molecule has 0 radical (unpaired) electrons. The molecule has 6 rings (SSSR count). The molecule has 3 aromatic carbocycles. The number of hydrogen-bond donors (Lipinski definition) is 0. The van der Waals surface area contributed by atoms with E-state index in [1.165, 1.54) is 49.8 Å². The Bertz CT molecular complexity index is 1480. The Morgan fingerprint density at radius 1 is 0.727 bits per heavy atom. The lowest BCUT2D eigenvalue weighted by Gasteiger charge is -2.22. The van der Waals surface area contributed by atoms with Crippen molar-refractivity contribution in [1.82, 2.24) is 9.97 Å². The first kappa shape index (κ1) is 19.9. The van der Waals surface area contributed by atoms with E-state index in [1.54, 1.807) is 0 Å². The molecule has 33 heavy (non-hydrogen) atoms. The van der Waals surface area contributed by atoms with Crippen LogP contribution in [0.2, 0.25) is 0 Å². The molecule has 0 aliphatic heterocycles. The smallest absolute Gasteiger partial charge is 0.0740 e. The molecule has 2 nitrogen and oxygen atoms in total. The van der Waals surface area contributed by atoms with E-state index in [2.05, 4.69) is 92.7 Å². The summed E-state index contributed by atoms with van der Waals surface area (Å²) in [7, 11) is 0. The lowest BCUT2D eigenvalue weighted by atomic mass is 9.85. The Labute approximate surface area is 195 Å². The highest BCUT2D eigenvalue weighted by molar-refractivity contribution is 5.91. The normalized spacial score (nSPS) is 12.6. The van der Waals surface area contributed by atoms with Crippen molar-refractivity contribution in [2.45, 2.75) is 32.6 Å². The minimum Gasteiger partial charge on any atom is -0.256 e. The third kappa shape index (κ3) is 3.43. The van der Waals surface area contributed by atoms with Crippen LogP contribution in [0.5, 0.6) is 0 Å². The zero-order chi connectivity index (χ0) is 22.4. The topological polar surface area (TPSA) is 25.8 Å². The molecule has 2 aromatic heterocycles. The number of fused-ring (bicyclic) bond motifs is 4. The van der Waals surface area contributed by atoms with Gasteiger partial charge in [0, 0.05) is 28.6 Å². The van der Waals surface area contributed by atoms with Crippen LogP contribution in [0.4, 0.5) is 0 Å². The Balaban J connectivity index is 1.49. The van der Waals surface area contributed by atoms with E-state index in [-0.39, 0.29) is 0 Å². The van der Waals surface area contributed by atoms with Gasteiger partial charge >= 0.3 is 0 Å². The standard InChI is InChI=1S/C31H26N2/c1-20(2)28-19-23(18-22-10-6-7-11-24(22)28)31-27-13-15-30-26(25(27)16-17-32-31)12-14-29(33-30)21-8-4-3-5-9-21/h3-12,14,16-20H,13,15H2,1-2H3. The molecular formula is C31H26N2. The maximum absolute atomic E-state index is 5.04. The van der Waals surface area contributed by atoms with Gasteiger partial charge in [-0.25, -0.2) is 0 Å². The molecule has 160 valence electrons. The van der Waals surface area contributed by atoms with E-state index in [0.29, 0.717) is 5.92 Å². The minimum absolute atomic E-state index is 0.454. The molecule has 0 amide bonds. The van der Waals surface area contributed by atoms with Gasteiger partial charge in [0.15, 0.2) is 0 Å². The van der Waals surface area contributed by atoms with Gasteiger partial charge in [-0.05, 0) is 70.5 Å². The highest BCUT2D eigenvalue weighted by Crippen LogP contribution is 2.39. The van der Waals surface area contributed by atoms with Crippen LogP contribution in [-0.2, 0) is 12.8 Å². The van der Waals surface area contributed by atoms with Crippen LogP contribution in [-0.4, -0.2) is 9.97 Å². The molecule has 5 aromatic rings. The molecule has 1 aliphatic rings. The summed E-state index contributed by atoms with van der Waals surface area (Å²) < 4.78 is 0. The molecule has 0 saturated heterocycles. The monoisotopic (exact) mass is 426 g/mol. The minimum atomic E-state index is 0.454. The zero-order valence-electron chi connectivity index (χ0n) is 19.0. The Morgan fingerprint density at radius 2 is 1.55 bits per heavy atom. The van der Waals surface area contributed by atoms with Gasteiger partial charge in [-0.3, -0.25) is 9.97 Å². The number of pyridine rings is 2. The Morgan fingerprint density at radius 3 is 2.39 bits per heavy atom. The van der Waals surface area contributed by atoms with Gasteiger partial charge in [-0.2, -0.15) is 0 Å². The molecule has 0 unspecified atom stereocenters. The molecule has 0 atom stereocenters. The van der Waals surface area contributed by atoms with Crippen LogP contribution in [0.25, 0.3) is 44.4 Å². The van der Waals surface area contributed by atoms with E-state index in [1.807, 2.05) is 12.3 Å². The molecule has 2 heterocycles. The van der Waals surface area contributed by atoms with Crippen molar-refractivity contribution in [1.29, 1.82) is 0 Å². The summed E-state index contributed by atoms with van der Waals surface area (Å²) in [6.07, 6.45) is 3.85. The lowest BCUT2D eigenvalue weighted by molar-refractivity contribution is 0.875. The van der Waals surface area contributed by atoms with Crippen molar-refractivity contribution >= 4 is 10.8 Å². The van der Waals surface area contributed by atoms with E-state index < -0.39 is 0 Å². The molecule has 1 aliphatic carbocycles. The third-order valence-electron chi connectivity index (χ3n) is 6.79. The second-order valence-corrected chi connectivity index (χ2v) is 9.18. The van der Waals surface area contributed by atoms with Crippen LogP contribution in [0.3, 0.4) is 0 Å². The van der Waals surface area contributed by atoms with Crippen molar-refractivity contribution in [2.75, 3.05) is 0 Å². The first-order chi connectivity index (χ1) is 16.2. The third-order valence-corrected chi connectivity index (χ3v) is 6.79. The number of benzene rings is 3. The maximum atomic E-state index is 5.04. The molecule has 0 fully saturated rings. The predicted octanol–water partition coefficient (Wildman–Crippen LogP) is 7.85. The van der Waals surface area contributed by atoms with Crippen molar-refractivity contribution in [3.8, 4) is 33.6 Å². The van der Waals surface area contributed by atoms with Gasteiger partial charge in [-0.1, -0.05) is 74.5 Å². The van der Waals surface area contributed by atoms with Crippen LogP contribution < -0.4 is 0 Å². The van der Waals surface area contributed by atoms with Crippen molar-refractivity contribution in [3.05, 3.63) is 108 Å². The van der Waals surface area contributed by atoms with Crippen LogP contribution in [0.15, 0.2) is 91.1 Å². The van der Waals surface area contributed by atoms with Crippen molar-refractivity contribution < 1.29 is 0 Å². The van der Waals surface area contributed by atoms with Gasteiger partial charge in [-0.15, -0.1) is 0 Å². The van der Waals surface area contributed by atoms with Gasteiger partial charge in [0.25, 0.3) is 0 Å². The molecule has 2 heteroatoms. The summed E-state index contributed by atoms with van der Waals surface area (Å²) in [5, 5.41) is 2.62. The number of rotatable bonds is 3. The van der Waals surface area contributed by atoms with Gasteiger partial charge < -0.3 is 0 Å². The van der Waals surface area contributed by atoms with E-state index >= 15 is 0 Å². The SMILES string of the molecule is CC(C)c1cc(-c2nccc3c2CCc2nc(-c4ccccc4)ccc2-3)cc2ccccc12. The highest BCUT2D eigenvalue weighted by Gasteiger charge is 2.22. The van der Waals surface area contributed by atoms with E-state index in [4.69, 9.17) is 9.97 Å². The molecule has 0 N–H and O–H groups in total. The Hall–Kier alpha value is -3.78. The summed E-state index contributed by atoms with van der Waals surface area (Å²) in [5.41, 5.74) is 10.9. The predicted molar refractivity (Wildman–Crippen MR) is 137 cm³/mol. The largest absolute Gasteiger partial charge is 0.256 e. The second kappa shape index (κ2) is 7.97. The van der Waals surface area contributed by atoms with Crippen molar-refractivity contribution in [2.24, 2.45) is 0 Å². The van der Waals surface area contributed by atoms with Crippen LogP contribution in [0.1, 0.15) is 36.6 Å². The maximum Gasteiger partial charge on any atom is 0.0740 e. The number of aryl methyl sites for hydroxylation is 1. The average molecular weight is 427 g/mol. The van der Waals surface area contributed by atoms with Gasteiger partial charge in [0.1, 0.15) is 0 Å². The second-order valence-electron chi connectivity index (χ2n) is 9.18. The van der Waals surface area contributed by atoms with E-state index in [0.717, 1.165) is 24.2 Å². The van der Waals surface area contributed by atoms with E-state index in [9.17, 15) is 0 Å². The fourth-order valence-corrected chi connectivity index (χ4v) is 5.15. The van der Waals surface area contributed by atoms with Crippen LogP contribution in [0, 0.1) is 0 Å². The molecular weight excluding hydrogens is 400 g/mol. The summed E-state index contributed by atoms with van der Waals surface area (Å²) in [4.78, 5) is 9.93. The highest BCUT2D eigenvalue weighted by atomic mass is 14.7. The van der Waals surface area contributed by atoms with Gasteiger partial charge in [0.2, 0.25) is 0 Å². The summed E-state index contributed by atoms with van der Waals surface area (Å²) >= 11 is 0. The first-order valence-corrected chi connectivity index (χ1v) is 11.8. The summed E-state index contributed by atoms with van der Waals surface area (Å²) in [6, 6.07) is 30.3. The summed E-state index contributed by atoms with van der Waals surface area (Å²) in [5.74, 6) is 0.454. The Kier molecular flexibility index (Phi) is 4.80. The molecule has 0 saturated carbocycles. The first-order valence-electron chi connectivity index (χ1n) is 11.8. The van der Waals surface area contributed by atoms with Gasteiger partial charge in [0.05, 0.1) is 11.4 Å². The number of nitrogens with zero attached hydrogens (tertiary/aromatic N) is 2. The molecule has 0 bridgehead atoms.